The van der Waals surface area contributed by atoms with Crippen LogP contribution in [0.25, 0.3) is 5.70 Å². The van der Waals surface area contributed by atoms with Crippen LogP contribution in [-0.2, 0) is 4.79 Å². The van der Waals surface area contributed by atoms with Crippen molar-refractivity contribution in [3.8, 4) is 0 Å². The van der Waals surface area contributed by atoms with Crippen LogP contribution in [0.3, 0.4) is 0 Å². The lowest BCUT2D eigenvalue weighted by Gasteiger charge is -2.40. The Bertz CT molecular complexity index is 753. The van der Waals surface area contributed by atoms with Gasteiger partial charge in [0.05, 0.1) is 17.3 Å². The second-order valence-electron chi connectivity index (χ2n) is 6.88. The van der Waals surface area contributed by atoms with Crippen LogP contribution in [0.4, 0.5) is 0 Å². The minimum absolute atomic E-state index is 0.0106. The topological polar surface area (TPSA) is 64.9 Å². The van der Waals surface area contributed by atoms with Gasteiger partial charge in [0.1, 0.15) is 6.33 Å². The summed E-state index contributed by atoms with van der Waals surface area (Å²) in [6, 6.07) is 1.84. The van der Waals surface area contributed by atoms with Gasteiger partial charge >= 0.3 is 0 Å². The first-order chi connectivity index (χ1) is 13.0. The predicted molar refractivity (Wildman–Crippen MR) is 107 cm³/mol. The molecule has 0 saturated carbocycles. The maximum Gasteiger partial charge on any atom is 0.227 e. The van der Waals surface area contributed by atoms with Crippen LogP contribution in [0.15, 0.2) is 41.9 Å². The summed E-state index contributed by atoms with van der Waals surface area (Å²) in [4.78, 5) is 32.0. The number of likely N-dealkylation sites (tertiary alicyclic amines) is 1. The third-order valence-electron chi connectivity index (χ3n) is 5.23. The molecule has 144 valence electrons. The third-order valence-corrected chi connectivity index (χ3v) is 5.23. The van der Waals surface area contributed by atoms with E-state index in [9.17, 15) is 4.79 Å². The summed E-state index contributed by atoms with van der Waals surface area (Å²) < 4.78 is 0. The van der Waals surface area contributed by atoms with E-state index in [1.165, 1.54) is 6.33 Å². The van der Waals surface area contributed by atoms with Crippen molar-refractivity contribution in [2.24, 2.45) is 10.9 Å². The van der Waals surface area contributed by atoms with Gasteiger partial charge in [-0.05, 0) is 38.8 Å². The molecule has 3 heterocycles. The van der Waals surface area contributed by atoms with E-state index in [-0.39, 0.29) is 11.8 Å². The molecule has 1 atom stereocenters. The van der Waals surface area contributed by atoms with Gasteiger partial charge < -0.3 is 14.7 Å². The highest BCUT2D eigenvalue weighted by molar-refractivity contribution is 5.91. The van der Waals surface area contributed by atoms with E-state index in [0.717, 1.165) is 55.5 Å². The Hall–Kier alpha value is -2.70. The second kappa shape index (κ2) is 8.33. The average molecular weight is 368 g/mol. The van der Waals surface area contributed by atoms with E-state index in [0.29, 0.717) is 6.54 Å². The van der Waals surface area contributed by atoms with E-state index >= 15 is 0 Å². The Morgan fingerprint density at radius 1 is 1.37 bits per heavy atom. The van der Waals surface area contributed by atoms with E-state index in [1.54, 1.807) is 6.20 Å². The van der Waals surface area contributed by atoms with Gasteiger partial charge in [0.2, 0.25) is 11.9 Å². The van der Waals surface area contributed by atoms with Crippen molar-refractivity contribution in [3.63, 3.8) is 0 Å². The van der Waals surface area contributed by atoms with Gasteiger partial charge in [-0.25, -0.2) is 15.0 Å². The summed E-state index contributed by atoms with van der Waals surface area (Å²) in [6.07, 6.45) is 7.06. The zero-order valence-corrected chi connectivity index (χ0v) is 16.4. The second-order valence-corrected chi connectivity index (χ2v) is 6.88. The van der Waals surface area contributed by atoms with Gasteiger partial charge in [0, 0.05) is 45.1 Å². The Kier molecular flexibility index (Phi) is 5.88. The van der Waals surface area contributed by atoms with Crippen molar-refractivity contribution < 1.29 is 4.79 Å². The molecule has 3 rings (SSSR count). The Balaban J connectivity index is 1.83. The molecule has 7 nitrogen and oxygen atoms in total. The number of carbonyl (C=O) groups is 1. The van der Waals surface area contributed by atoms with Crippen molar-refractivity contribution in [2.75, 3.05) is 33.2 Å². The largest absolute Gasteiger partial charge is 0.343 e. The van der Waals surface area contributed by atoms with Gasteiger partial charge in [0.25, 0.3) is 0 Å². The van der Waals surface area contributed by atoms with Gasteiger partial charge in [-0.15, -0.1) is 0 Å². The van der Waals surface area contributed by atoms with Crippen LogP contribution in [-0.4, -0.2) is 69.8 Å². The number of nitrogens with zero attached hydrogens (tertiary/aromatic N) is 6. The number of piperidine rings is 1. The molecule has 0 spiro atoms. The smallest absolute Gasteiger partial charge is 0.227 e. The average Bonchev–Trinajstić information content (AvgIpc) is 2.71. The molecule has 0 radical (unpaired) electrons. The molecule has 1 aromatic heterocycles. The number of aliphatic imine (C=N–C) groups is 1. The lowest BCUT2D eigenvalue weighted by molar-refractivity contribution is -0.136. The zero-order valence-electron chi connectivity index (χ0n) is 16.4. The van der Waals surface area contributed by atoms with Crippen molar-refractivity contribution in [1.82, 2.24) is 24.7 Å². The number of allylic oxidation sites excluding steroid dienone is 1. The molecule has 0 bridgehead atoms. The highest BCUT2D eigenvalue weighted by Gasteiger charge is 2.32. The van der Waals surface area contributed by atoms with Gasteiger partial charge in [-0.2, -0.15) is 0 Å². The van der Waals surface area contributed by atoms with Crippen molar-refractivity contribution in [3.05, 3.63) is 42.6 Å². The number of hydrogen-bond donors (Lipinski definition) is 0. The summed E-state index contributed by atoms with van der Waals surface area (Å²) in [5, 5.41) is 0. The molecule has 2 aliphatic heterocycles. The lowest BCUT2D eigenvalue weighted by Crippen LogP contribution is -2.50. The number of carbonyl (C=O) groups excluding carboxylic acids is 1. The Morgan fingerprint density at radius 2 is 2.15 bits per heavy atom. The summed E-state index contributed by atoms with van der Waals surface area (Å²) in [6.45, 7) is 11.3. The summed E-state index contributed by atoms with van der Waals surface area (Å²) >= 11 is 0. The van der Waals surface area contributed by atoms with Gasteiger partial charge in [-0.3, -0.25) is 4.79 Å². The summed E-state index contributed by atoms with van der Waals surface area (Å²) in [5.74, 6) is 1.08. The Labute approximate surface area is 161 Å². The highest BCUT2D eigenvalue weighted by Crippen LogP contribution is 2.26. The SMILES string of the molecule is C=C1C=C(c2ccncn2)N=C(N2CCCC(C(=O)N(CC)CC)C2)N1C. The van der Waals surface area contributed by atoms with E-state index < -0.39 is 0 Å². The van der Waals surface area contributed by atoms with Crippen LogP contribution < -0.4 is 0 Å². The van der Waals surface area contributed by atoms with Crippen LogP contribution in [0.1, 0.15) is 32.4 Å². The lowest BCUT2D eigenvalue weighted by atomic mass is 9.96. The van der Waals surface area contributed by atoms with Crippen LogP contribution in [0.5, 0.6) is 0 Å². The van der Waals surface area contributed by atoms with E-state index in [2.05, 4.69) is 21.4 Å². The fourth-order valence-corrected chi connectivity index (χ4v) is 3.61. The molecule has 1 fully saturated rings. The number of rotatable bonds is 4. The monoisotopic (exact) mass is 368 g/mol. The number of hydrogen-bond acceptors (Lipinski definition) is 6. The van der Waals surface area contributed by atoms with E-state index in [4.69, 9.17) is 4.99 Å². The Morgan fingerprint density at radius 3 is 2.81 bits per heavy atom. The molecule has 0 aliphatic carbocycles. The molecular formula is C20H28N6O. The van der Waals surface area contributed by atoms with E-state index in [1.807, 2.05) is 42.8 Å². The molecule has 1 saturated heterocycles. The number of guanidine groups is 1. The highest BCUT2D eigenvalue weighted by atomic mass is 16.2. The number of likely N-dealkylation sites (N-methyl/N-ethyl adjacent to an activating group) is 1. The summed E-state index contributed by atoms with van der Waals surface area (Å²) in [7, 11) is 1.96. The fraction of sp³-hybridized carbons (Fsp3) is 0.500. The third kappa shape index (κ3) is 4.02. The normalized spacial score (nSPS) is 20.3. The molecule has 1 aromatic rings. The molecule has 2 aliphatic rings. The molecule has 0 aromatic carbocycles. The first-order valence-corrected chi connectivity index (χ1v) is 9.58. The van der Waals surface area contributed by atoms with Crippen LogP contribution in [0.2, 0.25) is 0 Å². The van der Waals surface area contributed by atoms with Crippen LogP contribution in [0, 0.1) is 5.92 Å². The minimum Gasteiger partial charge on any atom is -0.343 e. The molecule has 27 heavy (non-hydrogen) atoms. The first-order valence-electron chi connectivity index (χ1n) is 9.58. The van der Waals surface area contributed by atoms with Crippen LogP contribution >= 0.6 is 0 Å². The van der Waals surface area contributed by atoms with Gasteiger partial charge in [0.15, 0.2) is 0 Å². The predicted octanol–water partition coefficient (Wildman–Crippen LogP) is 2.21. The van der Waals surface area contributed by atoms with Crippen molar-refractivity contribution >= 4 is 17.6 Å². The summed E-state index contributed by atoms with van der Waals surface area (Å²) in [5.41, 5.74) is 2.39. The number of aromatic nitrogens is 2. The zero-order chi connectivity index (χ0) is 19.4. The standard InChI is InChI=1S/C20H28N6O/c1-5-25(6-2)19(27)16-8-7-11-26(13-16)20-23-18(12-15(3)24(20)4)17-9-10-21-14-22-17/h9-10,12,14,16H,3,5-8,11,13H2,1-2,4H3. The fourth-order valence-electron chi connectivity index (χ4n) is 3.61. The molecule has 7 heteroatoms. The van der Waals surface area contributed by atoms with Crippen molar-refractivity contribution in [2.45, 2.75) is 26.7 Å². The molecule has 0 N–H and O–H groups in total. The van der Waals surface area contributed by atoms with Gasteiger partial charge in [-0.1, -0.05) is 6.58 Å². The number of amides is 1. The minimum atomic E-state index is 0.0106. The maximum absolute atomic E-state index is 12.8. The van der Waals surface area contributed by atoms with Crippen molar-refractivity contribution in [1.29, 1.82) is 0 Å². The molecule has 1 amide bonds. The quantitative estimate of drug-likeness (QED) is 0.815. The molecular weight excluding hydrogens is 340 g/mol. The molecule has 1 unspecified atom stereocenters. The maximum atomic E-state index is 12.8. The first kappa shape index (κ1) is 19.1.